The smallest absolute Gasteiger partial charge is 0.293 e. The number of halogens is 1. The van der Waals surface area contributed by atoms with Crippen LogP contribution in [0.3, 0.4) is 0 Å². The number of carbonyl (C=O) groups is 2. The predicted octanol–water partition coefficient (Wildman–Crippen LogP) is 4.54. The molecule has 0 radical (unpaired) electrons. The van der Waals surface area contributed by atoms with Crippen molar-refractivity contribution in [3.63, 3.8) is 0 Å². The second-order valence-corrected chi connectivity index (χ2v) is 7.80. The van der Waals surface area contributed by atoms with Crippen LogP contribution in [-0.4, -0.2) is 30.2 Å². The van der Waals surface area contributed by atoms with Crippen molar-refractivity contribution in [3.05, 3.63) is 62.1 Å². The third-order valence-electron chi connectivity index (χ3n) is 3.78. The standard InChI is InChI=1S/C19H16INO4S/c1-21-18(22)17(26-19(21)23)10-13-5-8-15(16(9-13)24-2)25-11-12-3-6-14(20)7-4-12/h3-10H,11H2,1-2H3/b17-10+. The highest BCUT2D eigenvalue weighted by atomic mass is 127. The predicted molar refractivity (Wildman–Crippen MR) is 110 cm³/mol. The molecule has 5 nitrogen and oxygen atoms in total. The molecule has 1 aliphatic rings. The molecule has 2 aromatic carbocycles. The lowest BCUT2D eigenvalue weighted by Gasteiger charge is -2.11. The van der Waals surface area contributed by atoms with Crippen molar-refractivity contribution in [2.75, 3.05) is 14.2 Å². The summed E-state index contributed by atoms with van der Waals surface area (Å²) in [7, 11) is 3.04. The van der Waals surface area contributed by atoms with Gasteiger partial charge in [0.1, 0.15) is 6.61 Å². The van der Waals surface area contributed by atoms with Crippen LogP contribution in [0.15, 0.2) is 47.4 Å². The Bertz CT molecular complexity index is 880. The van der Waals surface area contributed by atoms with E-state index in [1.54, 1.807) is 25.3 Å². The molecule has 1 aliphatic heterocycles. The van der Waals surface area contributed by atoms with Gasteiger partial charge >= 0.3 is 0 Å². The highest BCUT2D eigenvalue weighted by Gasteiger charge is 2.31. The molecule has 26 heavy (non-hydrogen) atoms. The lowest BCUT2D eigenvalue weighted by molar-refractivity contribution is -0.121. The number of carbonyl (C=O) groups excluding carboxylic acids is 2. The van der Waals surface area contributed by atoms with E-state index in [4.69, 9.17) is 9.47 Å². The van der Waals surface area contributed by atoms with Crippen molar-refractivity contribution < 1.29 is 19.1 Å². The van der Waals surface area contributed by atoms with Gasteiger partial charge in [-0.3, -0.25) is 14.5 Å². The van der Waals surface area contributed by atoms with Crippen LogP contribution in [0.25, 0.3) is 6.08 Å². The summed E-state index contributed by atoms with van der Waals surface area (Å²) in [6.07, 6.45) is 1.68. The first-order valence-electron chi connectivity index (χ1n) is 7.75. The van der Waals surface area contributed by atoms with E-state index >= 15 is 0 Å². The van der Waals surface area contributed by atoms with Crippen molar-refractivity contribution in [2.24, 2.45) is 0 Å². The summed E-state index contributed by atoms with van der Waals surface area (Å²) in [6, 6.07) is 13.5. The zero-order chi connectivity index (χ0) is 18.7. The second-order valence-electron chi connectivity index (χ2n) is 5.57. The molecule has 0 saturated carbocycles. The normalized spacial score (nSPS) is 15.7. The summed E-state index contributed by atoms with van der Waals surface area (Å²) in [4.78, 5) is 25.1. The summed E-state index contributed by atoms with van der Waals surface area (Å²) < 4.78 is 12.4. The quantitative estimate of drug-likeness (QED) is 0.464. The van der Waals surface area contributed by atoms with Gasteiger partial charge in [-0.05, 0) is 75.8 Å². The highest BCUT2D eigenvalue weighted by molar-refractivity contribution is 14.1. The van der Waals surface area contributed by atoms with E-state index in [2.05, 4.69) is 22.6 Å². The summed E-state index contributed by atoms with van der Waals surface area (Å²) in [5.74, 6) is 0.893. The molecule has 1 saturated heterocycles. The Labute approximate surface area is 169 Å². The fraction of sp³-hybridized carbons (Fsp3) is 0.158. The van der Waals surface area contributed by atoms with Gasteiger partial charge < -0.3 is 9.47 Å². The topological polar surface area (TPSA) is 55.8 Å². The van der Waals surface area contributed by atoms with Gasteiger partial charge in [-0.2, -0.15) is 0 Å². The molecule has 2 aromatic rings. The van der Waals surface area contributed by atoms with Crippen LogP contribution in [0, 0.1) is 3.57 Å². The molecule has 0 unspecified atom stereocenters. The number of thioether (sulfide) groups is 1. The summed E-state index contributed by atoms with van der Waals surface area (Å²) >= 11 is 3.19. The van der Waals surface area contributed by atoms with E-state index in [9.17, 15) is 9.59 Å². The Hall–Kier alpha value is -2.00. The molecular weight excluding hydrogens is 465 g/mol. The Kier molecular flexibility index (Phi) is 5.87. The lowest BCUT2D eigenvalue weighted by Crippen LogP contribution is -2.22. The Balaban J connectivity index is 1.76. The second kappa shape index (κ2) is 8.13. The fourth-order valence-corrected chi connectivity index (χ4v) is 3.52. The third-order valence-corrected chi connectivity index (χ3v) is 5.46. The maximum atomic E-state index is 12.0. The number of methoxy groups -OCH3 is 1. The van der Waals surface area contributed by atoms with E-state index in [0.717, 1.165) is 27.8 Å². The number of benzene rings is 2. The maximum absolute atomic E-state index is 12.0. The van der Waals surface area contributed by atoms with E-state index < -0.39 is 0 Å². The zero-order valence-electron chi connectivity index (χ0n) is 14.2. The highest BCUT2D eigenvalue weighted by Crippen LogP contribution is 2.34. The third kappa shape index (κ3) is 4.21. The number of ether oxygens (including phenoxy) is 2. The Morgan fingerprint density at radius 1 is 1.12 bits per heavy atom. The lowest BCUT2D eigenvalue weighted by atomic mass is 10.2. The van der Waals surface area contributed by atoms with Crippen LogP contribution in [-0.2, 0) is 11.4 Å². The number of imide groups is 1. The SMILES string of the molecule is COc1cc(/C=C2/SC(=O)N(C)C2=O)ccc1OCc1ccc(I)cc1. The molecule has 1 fully saturated rings. The zero-order valence-corrected chi connectivity index (χ0v) is 17.2. The first kappa shape index (κ1) is 18.8. The van der Waals surface area contributed by atoms with E-state index in [1.807, 2.05) is 30.3 Å². The number of amides is 2. The number of hydrogen-bond acceptors (Lipinski definition) is 5. The van der Waals surface area contributed by atoms with Crippen LogP contribution in [0.1, 0.15) is 11.1 Å². The maximum Gasteiger partial charge on any atom is 0.293 e. The molecule has 3 rings (SSSR count). The van der Waals surface area contributed by atoms with Crippen LogP contribution in [0.4, 0.5) is 4.79 Å². The van der Waals surface area contributed by atoms with Gasteiger partial charge in [0, 0.05) is 10.6 Å². The van der Waals surface area contributed by atoms with E-state index in [1.165, 1.54) is 10.6 Å². The van der Waals surface area contributed by atoms with E-state index in [0.29, 0.717) is 23.0 Å². The minimum Gasteiger partial charge on any atom is -0.493 e. The van der Waals surface area contributed by atoms with Gasteiger partial charge in [0.15, 0.2) is 11.5 Å². The average molecular weight is 481 g/mol. The van der Waals surface area contributed by atoms with Crippen molar-refractivity contribution >= 4 is 51.6 Å². The molecular formula is C19H16INO4S. The first-order valence-corrected chi connectivity index (χ1v) is 9.64. The molecule has 7 heteroatoms. The minimum absolute atomic E-state index is 0.273. The fourth-order valence-electron chi connectivity index (χ4n) is 2.33. The Morgan fingerprint density at radius 3 is 2.46 bits per heavy atom. The first-order chi connectivity index (χ1) is 12.5. The van der Waals surface area contributed by atoms with Crippen molar-refractivity contribution in [2.45, 2.75) is 6.61 Å². The van der Waals surface area contributed by atoms with Crippen molar-refractivity contribution in [1.29, 1.82) is 0 Å². The van der Waals surface area contributed by atoms with Gasteiger partial charge in [0.05, 0.1) is 12.0 Å². The van der Waals surface area contributed by atoms with E-state index in [-0.39, 0.29) is 11.1 Å². The molecule has 0 spiro atoms. The molecule has 0 aromatic heterocycles. The van der Waals surface area contributed by atoms with Crippen LogP contribution in [0.2, 0.25) is 0 Å². The van der Waals surface area contributed by atoms with Gasteiger partial charge in [-0.25, -0.2) is 0 Å². The number of rotatable bonds is 5. The van der Waals surface area contributed by atoms with Gasteiger partial charge in [0.25, 0.3) is 11.1 Å². The minimum atomic E-state index is -0.294. The van der Waals surface area contributed by atoms with Gasteiger partial charge in [0.2, 0.25) is 0 Å². The number of hydrogen-bond donors (Lipinski definition) is 0. The number of likely N-dealkylation sites (N-methyl/N-ethyl adjacent to an activating group) is 1. The summed E-state index contributed by atoms with van der Waals surface area (Å²) in [6.45, 7) is 0.432. The van der Waals surface area contributed by atoms with Crippen LogP contribution in [0.5, 0.6) is 11.5 Å². The molecule has 0 atom stereocenters. The molecule has 1 heterocycles. The number of nitrogens with zero attached hydrogens (tertiary/aromatic N) is 1. The summed E-state index contributed by atoms with van der Waals surface area (Å²) in [5, 5.41) is -0.273. The van der Waals surface area contributed by atoms with Gasteiger partial charge in [-0.1, -0.05) is 18.2 Å². The molecule has 0 N–H and O–H groups in total. The largest absolute Gasteiger partial charge is 0.493 e. The average Bonchev–Trinajstić information content (AvgIpc) is 2.88. The van der Waals surface area contributed by atoms with Crippen molar-refractivity contribution in [1.82, 2.24) is 4.90 Å². The Morgan fingerprint density at radius 2 is 1.85 bits per heavy atom. The van der Waals surface area contributed by atoms with Gasteiger partial charge in [-0.15, -0.1) is 0 Å². The molecule has 134 valence electrons. The molecule has 0 bridgehead atoms. The van der Waals surface area contributed by atoms with Crippen LogP contribution >= 0.6 is 34.4 Å². The van der Waals surface area contributed by atoms with Crippen LogP contribution < -0.4 is 9.47 Å². The summed E-state index contributed by atoms with van der Waals surface area (Å²) in [5.41, 5.74) is 1.83. The monoisotopic (exact) mass is 481 g/mol. The molecule has 0 aliphatic carbocycles. The van der Waals surface area contributed by atoms with Crippen molar-refractivity contribution in [3.8, 4) is 11.5 Å². The molecule has 2 amide bonds.